The highest BCUT2D eigenvalue weighted by Crippen LogP contribution is 2.28. The average molecular weight is 222 g/mol. The van der Waals surface area contributed by atoms with Crippen LogP contribution in [0.5, 0.6) is 0 Å². The summed E-state index contributed by atoms with van der Waals surface area (Å²) in [5, 5.41) is 0. The molecule has 73 valence electrons. The van der Waals surface area contributed by atoms with E-state index in [2.05, 4.69) is 0 Å². The van der Waals surface area contributed by atoms with Crippen molar-refractivity contribution in [3.8, 4) is 0 Å². The van der Waals surface area contributed by atoms with Gasteiger partial charge in [0.25, 0.3) is 0 Å². The molecule has 1 fully saturated rings. The summed E-state index contributed by atoms with van der Waals surface area (Å²) in [5.41, 5.74) is 0. The maximum absolute atomic E-state index is 11.4. The molecule has 6 heteroatoms. The van der Waals surface area contributed by atoms with E-state index in [1.807, 2.05) is 6.92 Å². The number of hydrogen-bond acceptors (Lipinski definition) is 4. The van der Waals surface area contributed by atoms with Gasteiger partial charge in [0.15, 0.2) is 5.78 Å². The Balaban J connectivity index is 2.25. The predicted molar refractivity (Wildman–Crippen MR) is 57.5 cm³/mol. The molecule has 0 spiro atoms. The van der Waals surface area contributed by atoms with Gasteiger partial charge in [-0.3, -0.25) is 4.79 Å². The summed E-state index contributed by atoms with van der Waals surface area (Å²) in [7, 11) is -0.241. The molecule has 4 atom stereocenters. The highest BCUT2D eigenvalue weighted by Gasteiger charge is 2.37. The van der Waals surface area contributed by atoms with Crippen molar-refractivity contribution in [3.63, 3.8) is 0 Å². The number of hydrogen-bond donors (Lipinski definition) is 0. The van der Waals surface area contributed by atoms with E-state index >= 15 is 0 Å². The summed E-state index contributed by atoms with van der Waals surface area (Å²) in [6.07, 6.45) is -0.562. The SMILES string of the molecule is [2H]P([B][3H])SOCC1OC(C)C(=O)[C@@H]1C. The van der Waals surface area contributed by atoms with Crippen molar-refractivity contribution in [1.29, 1.82) is 2.61 Å². The molecule has 1 heterocycles. The van der Waals surface area contributed by atoms with Gasteiger partial charge in [-0.25, -0.2) is 0 Å². The Morgan fingerprint density at radius 1 is 2.00 bits per heavy atom. The molecule has 0 saturated carbocycles. The van der Waals surface area contributed by atoms with E-state index in [-0.39, 0.29) is 23.9 Å². The number of Topliss-reactive ketones (excluding diaryl/α,β-unsaturated/α-hetero) is 1. The van der Waals surface area contributed by atoms with Crippen LogP contribution < -0.4 is 0 Å². The molecule has 0 amide bonds. The van der Waals surface area contributed by atoms with Gasteiger partial charge in [-0.05, 0) is 8.26 Å². The van der Waals surface area contributed by atoms with Crippen molar-refractivity contribution in [2.45, 2.75) is 26.1 Å². The molecule has 0 aromatic heterocycles. The largest absolute Gasteiger partial charge is 0.364 e. The first-order valence-corrected chi connectivity index (χ1v) is 6.36. The van der Waals surface area contributed by atoms with Crippen LogP contribution >= 0.6 is 19.3 Å². The molecule has 0 aromatic carbocycles. The van der Waals surface area contributed by atoms with E-state index in [0.717, 1.165) is 19.2 Å². The Morgan fingerprint density at radius 2 is 2.77 bits per heavy atom. The Bertz CT molecular complexity index is 236. The Hall–Kier alpha value is 0.435. The van der Waals surface area contributed by atoms with Crippen LogP contribution in [0.3, 0.4) is 0 Å². The zero-order valence-electron chi connectivity index (χ0n) is 9.60. The van der Waals surface area contributed by atoms with Crippen LogP contribution in [0.2, 0.25) is 0 Å². The van der Waals surface area contributed by atoms with Gasteiger partial charge >= 0.3 is 0 Å². The number of rotatable bonds is 5. The summed E-state index contributed by atoms with van der Waals surface area (Å²) in [4.78, 5) is 11.4. The topological polar surface area (TPSA) is 35.5 Å². The summed E-state index contributed by atoms with van der Waals surface area (Å²) < 4.78 is 24.7. The van der Waals surface area contributed by atoms with Crippen molar-refractivity contribution in [1.82, 2.24) is 0 Å². The fourth-order valence-electron chi connectivity index (χ4n) is 1.31. The second kappa shape index (κ2) is 5.35. The predicted octanol–water partition coefficient (Wildman–Crippen LogP) is 1.05. The van der Waals surface area contributed by atoms with Gasteiger partial charge in [0.1, 0.15) is 13.6 Å². The molecule has 3 nitrogen and oxygen atoms in total. The van der Waals surface area contributed by atoms with Crippen molar-refractivity contribution in [2.24, 2.45) is 5.92 Å². The quantitative estimate of drug-likeness (QED) is 0.395. The summed E-state index contributed by atoms with van der Waals surface area (Å²) in [6.45, 7) is 3.86. The number of ether oxygens (including phenoxy) is 1. The molecule has 0 N–H and O–H groups in total. The van der Waals surface area contributed by atoms with Crippen LogP contribution in [-0.2, 0) is 13.7 Å². The first-order valence-electron chi connectivity index (χ1n) is 5.07. The standard InChI is InChI=1S/C7H13BO3PS/c1-4-6(3-10-13-12-8)11-5(2)7(4)9/h4-6,8,12H,3H2,1-2H3/t4-,5?,6?,12?/m1/s1/i8T,12D. The Kier molecular flexibility index (Phi) is 3.59. The molecular formula is C7H13BO3PS. The zero-order chi connectivity index (χ0) is 11.4. The molecule has 0 aromatic rings. The van der Waals surface area contributed by atoms with Crippen molar-refractivity contribution >= 4 is 32.6 Å². The lowest BCUT2D eigenvalue weighted by atomic mass is 10.0. The van der Waals surface area contributed by atoms with E-state index in [0.29, 0.717) is 6.61 Å². The van der Waals surface area contributed by atoms with Crippen molar-refractivity contribution in [2.75, 3.05) is 6.61 Å². The molecule has 1 aliphatic heterocycles. The summed E-state index contributed by atoms with van der Waals surface area (Å²) in [6, 6.07) is 0. The smallest absolute Gasteiger partial charge is 0.166 e. The fourth-order valence-corrected chi connectivity index (χ4v) is 1.93. The van der Waals surface area contributed by atoms with E-state index in [1.165, 1.54) is 0 Å². The van der Waals surface area contributed by atoms with E-state index in [4.69, 9.17) is 11.5 Å². The molecule has 3 unspecified atom stereocenters. The molecule has 0 bridgehead atoms. The first kappa shape index (κ1) is 8.72. The van der Waals surface area contributed by atoms with Gasteiger partial charge in [0, 0.05) is 17.6 Å². The third kappa shape index (κ3) is 2.95. The third-order valence-electron chi connectivity index (χ3n) is 2.11. The fraction of sp³-hybridized carbons (Fsp3) is 0.857. The van der Waals surface area contributed by atoms with Gasteiger partial charge in [-0.15, -0.1) is 0 Å². The van der Waals surface area contributed by atoms with Gasteiger partial charge in [0.2, 0.25) is 0 Å². The van der Waals surface area contributed by atoms with Gasteiger partial charge in [-0.1, -0.05) is 14.5 Å². The van der Waals surface area contributed by atoms with Crippen LogP contribution in [0, 0.1) is 5.92 Å². The van der Waals surface area contributed by atoms with Gasteiger partial charge in [-0.2, -0.15) is 0 Å². The second-order valence-corrected chi connectivity index (χ2v) is 4.65. The molecule has 1 radical (unpaired) electrons. The zero-order valence-corrected chi connectivity index (χ0v) is 9.31. The average Bonchev–Trinajstić information content (AvgIpc) is 2.46. The number of carbonyl (C=O) groups excluding carboxylic acids is 1. The maximum Gasteiger partial charge on any atom is 0.166 e. The molecule has 0 aliphatic carbocycles. The van der Waals surface area contributed by atoms with Crippen LogP contribution in [-0.4, -0.2) is 34.7 Å². The Labute approximate surface area is 88.1 Å². The maximum atomic E-state index is 11.4. The lowest BCUT2D eigenvalue weighted by Gasteiger charge is -2.12. The van der Waals surface area contributed by atoms with Crippen LogP contribution in [0.1, 0.15) is 13.8 Å². The normalized spacial score (nSPS) is 38.3. The van der Waals surface area contributed by atoms with E-state index in [1.54, 1.807) is 6.92 Å². The third-order valence-corrected chi connectivity index (χ3v) is 3.02. The van der Waals surface area contributed by atoms with Crippen LogP contribution in [0.25, 0.3) is 0 Å². The van der Waals surface area contributed by atoms with E-state index < -0.39 is 7.61 Å². The molecule has 1 rings (SSSR count). The highest BCUT2D eigenvalue weighted by molar-refractivity contribution is 8.53. The van der Waals surface area contributed by atoms with Crippen molar-refractivity contribution in [3.05, 3.63) is 0 Å². The van der Waals surface area contributed by atoms with Gasteiger partial charge < -0.3 is 8.92 Å². The molecular weight excluding hydrogens is 206 g/mol. The minimum Gasteiger partial charge on any atom is -0.364 e. The van der Waals surface area contributed by atoms with Crippen LogP contribution in [0.4, 0.5) is 0 Å². The van der Waals surface area contributed by atoms with Crippen LogP contribution in [0.15, 0.2) is 0 Å². The van der Waals surface area contributed by atoms with Crippen molar-refractivity contribution < 1.29 is 13.7 Å². The monoisotopic (exact) mass is 222 g/mol. The first-order chi connectivity index (χ1) is 7.06. The molecule has 1 saturated heterocycles. The number of carbonyl (C=O) groups is 1. The lowest BCUT2D eigenvalue weighted by Crippen LogP contribution is -2.21. The number of ketones is 1. The van der Waals surface area contributed by atoms with Gasteiger partial charge in [0.05, 0.1) is 14.0 Å². The summed E-state index contributed by atoms with van der Waals surface area (Å²) in [5.74, 6) is -0.0358. The molecule has 13 heavy (non-hydrogen) atoms. The Morgan fingerprint density at radius 3 is 3.31 bits per heavy atom. The molecule has 1 aliphatic rings. The second-order valence-electron chi connectivity index (χ2n) is 2.97. The summed E-state index contributed by atoms with van der Waals surface area (Å²) >= 11 is 0.965. The minimum atomic E-state index is -1.29. The highest BCUT2D eigenvalue weighted by atomic mass is 32.7. The minimum absolute atomic E-state index is 0.105. The van der Waals surface area contributed by atoms with E-state index in [9.17, 15) is 4.79 Å². The lowest BCUT2D eigenvalue weighted by molar-refractivity contribution is -0.123.